The summed E-state index contributed by atoms with van der Waals surface area (Å²) in [4.78, 5) is 12.2. The minimum atomic E-state index is -0.647. The molecule has 4 nitrogen and oxygen atoms in total. The van der Waals surface area contributed by atoms with Crippen LogP contribution in [-0.2, 0) is 11.2 Å². The number of benzene rings is 1. The molecule has 0 saturated carbocycles. The Kier molecular flexibility index (Phi) is 7.25. The Labute approximate surface area is 141 Å². The molecular formula is C19H25FO4. The van der Waals surface area contributed by atoms with E-state index in [0.717, 1.165) is 25.7 Å². The van der Waals surface area contributed by atoms with Crippen molar-refractivity contribution in [2.24, 2.45) is 0 Å². The van der Waals surface area contributed by atoms with Gasteiger partial charge in [0, 0.05) is 19.6 Å². The molecule has 0 aliphatic heterocycles. The fourth-order valence-electron chi connectivity index (χ4n) is 2.48. The number of unbranched alkanes of at least 4 members (excludes halogenated alkanes) is 2. The van der Waals surface area contributed by atoms with Crippen LogP contribution < -0.4 is 10.4 Å². The minimum Gasteiger partial charge on any atom is -0.490 e. The molecule has 132 valence electrons. The minimum absolute atomic E-state index is 0.0398. The summed E-state index contributed by atoms with van der Waals surface area (Å²) in [7, 11) is 0. The third-order valence-electron chi connectivity index (χ3n) is 3.80. The summed E-state index contributed by atoms with van der Waals surface area (Å²) in [5.41, 5.74) is -0.647. The molecule has 1 heterocycles. The van der Waals surface area contributed by atoms with Gasteiger partial charge in [-0.2, -0.15) is 0 Å². The monoisotopic (exact) mass is 336 g/mol. The predicted octanol–water partition coefficient (Wildman–Crippen LogP) is 4.47. The number of halogens is 1. The van der Waals surface area contributed by atoms with Gasteiger partial charge in [0.15, 0.2) is 11.6 Å². The first-order chi connectivity index (χ1) is 11.7. The van der Waals surface area contributed by atoms with Gasteiger partial charge in [-0.15, -0.1) is 0 Å². The molecule has 0 radical (unpaired) electrons. The highest BCUT2D eigenvalue weighted by molar-refractivity contribution is 5.83. The van der Waals surface area contributed by atoms with E-state index >= 15 is 0 Å². The molecule has 5 heteroatoms. The lowest BCUT2D eigenvalue weighted by Gasteiger charge is -2.09. The van der Waals surface area contributed by atoms with Gasteiger partial charge < -0.3 is 13.9 Å². The van der Waals surface area contributed by atoms with Gasteiger partial charge in [-0.05, 0) is 43.7 Å². The molecule has 0 bridgehead atoms. The van der Waals surface area contributed by atoms with Crippen LogP contribution in [0.15, 0.2) is 27.4 Å². The van der Waals surface area contributed by atoms with E-state index in [4.69, 9.17) is 13.9 Å². The fourth-order valence-corrected chi connectivity index (χ4v) is 2.48. The Morgan fingerprint density at radius 2 is 1.96 bits per heavy atom. The lowest BCUT2D eigenvalue weighted by molar-refractivity contribution is 0.143. The topological polar surface area (TPSA) is 48.7 Å². The Morgan fingerprint density at radius 1 is 1.12 bits per heavy atom. The van der Waals surface area contributed by atoms with Crippen LogP contribution >= 0.6 is 0 Å². The summed E-state index contributed by atoms with van der Waals surface area (Å²) in [5.74, 6) is 0.0380. The maximum atomic E-state index is 14.5. The second kappa shape index (κ2) is 9.42. The van der Waals surface area contributed by atoms with E-state index in [-0.39, 0.29) is 11.1 Å². The average molecular weight is 336 g/mol. The number of hydrogen-bond acceptors (Lipinski definition) is 4. The molecule has 24 heavy (non-hydrogen) atoms. The van der Waals surface area contributed by atoms with Gasteiger partial charge >= 0.3 is 5.63 Å². The van der Waals surface area contributed by atoms with E-state index < -0.39 is 11.4 Å². The Balaban J connectivity index is 2.13. The normalized spacial score (nSPS) is 11.1. The quantitative estimate of drug-likeness (QED) is 0.601. The standard InChI is InChI=1S/C19H25FO4/c1-3-5-12-23-16-10-9-14-13-15(8-6-7-11-22-4-2)24-19(21)17(14)18(16)20/h9-10,13H,3-8,11-12H2,1-2H3. The number of rotatable bonds is 10. The van der Waals surface area contributed by atoms with Crippen LogP contribution in [0.1, 0.15) is 45.3 Å². The van der Waals surface area contributed by atoms with E-state index in [9.17, 15) is 9.18 Å². The van der Waals surface area contributed by atoms with Gasteiger partial charge in [-0.1, -0.05) is 19.4 Å². The van der Waals surface area contributed by atoms with E-state index in [0.29, 0.717) is 37.4 Å². The van der Waals surface area contributed by atoms with Gasteiger partial charge in [0.25, 0.3) is 0 Å². The first-order valence-electron chi connectivity index (χ1n) is 8.63. The van der Waals surface area contributed by atoms with Crippen molar-refractivity contribution >= 4 is 10.8 Å². The zero-order valence-corrected chi connectivity index (χ0v) is 14.4. The first kappa shape index (κ1) is 18.5. The van der Waals surface area contributed by atoms with Crippen LogP contribution in [0.5, 0.6) is 5.75 Å². The third-order valence-corrected chi connectivity index (χ3v) is 3.80. The molecule has 0 unspecified atom stereocenters. The largest absolute Gasteiger partial charge is 0.490 e. The number of hydrogen-bond donors (Lipinski definition) is 0. The highest BCUT2D eigenvalue weighted by Gasteiger charge is 2.14. The summed E-state index contributed by atoms with van der Waals surface area (Å²) in [6.07, 6.45) is 4.19. The smallest absolute Gasteiger partial charge is 0.346 e. The van der Waals surface area contributed by atoms with Crippen molar-refractivity contribution in [3.8, 4) is 5.75 Å². The van der Waals surface area contributed by atoms with Crippen LogP contribution in [0.25, 0.3) is 10.8 Å². The molecule has 2 rings (SSSR count). The van der Waals surface area contributed by atoms with E-state index in [1.165, 1.54) is 0 Å². The molecule has 0 aliphatic rings. The van der Waals surface area contributed by atoms with Gasteiger partial charge in [0.05, 0.1) is 6.61 Å². The maximum absolute atomic E-state index is 14.5. The predicted molar refractivity (Wildman–Crippen MR) is 92.3 cm³/mol. The first-order valence-corrected chi connectivity index (χ1v) is 8.63. The number of aryl methyl sites for hydroxylation is 1. The molecule has 0 N–H and O–H groups in total. The summed E-state index contributed by atoms with van der Waals surface area (Å²) in [6, 6.07) is 5.02. The molecule has 0 atom stereocenters. The summed E-state index contributed by atoms with van der Waals surface area (Å²) >= 11 is 0. The molecular weight excluding hydrogens is 311 g/mol. The molecule has 1 aromatic heterocycles. The van der Waals surface area contributed by atoms with E-state index in [1.54, 1.807) is 18.2 Å². The molecule has 0 spiro atoms. The fraction of sp³-hybridized carbons (Fsp3) is 0.526. The van der Waals surface area contributed by atoms with Crippen LogP contribution in [0.3, 0.4) is 0 Å². The molecule has 0 fully saturated rings. The number of fused-ring (bicyclic) bond motifs is 1. The van der Waals surface area contributed by atoms with Crippen LogP contribution in [0.2, 0.25) is 0 Å². The average Bonchev–Trinajstić information content (AvgIpc) is 2.56. The Hall–Kier alpha value is -1.88. The van der Waals surface area contributed by atoms with Crippen molar-refractivity contribution in [2.75, 3.05) is 19.8 Å². The molecule has 2 aromatic rings. The van der Waals surface area contributed by atoms with Crippen molar-refractivity contribution in [3.05, 3.63) is 40.2 Å². The van der Waals surface area contributed by atoms with Crippen molar-refractivity contribution in [1.82, 2.24) is 0 Å². The van der Waals surface area contributed by atoms with Crippen LogP contribution in [0, 0.1) is 5.82 Å². The molecule has 0 saturated heterocycles. The zero-order valence-electron chi connectivity index (χ0n) is 14.4. The van der Waals surface area contributed by atoms with Crippen LogP contribution in [-0.4, -0.2) is 19.8 Å². The van der Waals surface area contributed by atoms with Gasteiger partial charge in [0.1, 0.15) is 11.1 Å². The Bertz CT molecular complexity index is 708. The molecule has 1 aromatic carbocycles. The van der Waals surface area contributed by atoms with Crippen molar-refractivity contribution in [2.45, 2.75) is 46.0 Å². The van der Waals surface area contributed by atoms with Gasteiger partial charge in [0.2, 0.25) is 0 Å². The second-order valence-corrected chi connectivity index (χ2v) is 5.70. The van der Waals surface area contributed by atoms with Crippen LogP contribution in [0.4, 0.5) is 4.39 Å². The highest BCUT2D eigenvalue weighted by Crippen LogP contribution is 2.25. The SMILES string of the molecule is CCCCOc1ccc2cc(CCCCOCC)oc(=O)c2c1F. The lowest BCUT2D eigenvalue weighted by Crippen LogP contribution is -2.07. The van der Waals surface area contributed by atoms with Gasteiger partial charge in [-0.25, -0.2) is 9.18 Å². The third kappa shape index (κ3) is 4.81. The van der Waals surface area contributed by atoms with E-state index in [1.807, 2.05) is 13.8 Å². The summed E-state index contributed by atoms with van der Waals surface area (Å²) in [5, 5.41) is 0.508. The van der Waals surface area contributed by atoms with Crippen molar-refractivity contribution in [3.63, 3.8) is 0 Å². The lowest BCUT2D eigenvalue weighted by atomic mass is 10.1. The van der Waals surface area contributed by atoms with Crippen molar-refractivity contribution < 1.29 is 18.3 Å². The van der Waals surface area contributed by atoms with Gasteiger partial charge in [-0.3, -0.25) is 0 Å². The second-order valence-electron chi connectivity index (χ2n) is 5.70. The summed E-state index contributed by atoms with van der Waals surface area (Å²) < 4.78 is 30.4. The Morgan fingerprint density at radius 3 is 2.71 bits per heavy atom. The summed E-state index contributed by atoms with van der Waals surface area (Å²) in [6.45, 7) is 5.82. The zero-order chi connectivity index (χ0) is 17.4. The molecule has 0 aliphatic carbocycles. The number of ether oxygens (including phenoxy) is 2. The highest BCUT2D eigenvalue weighted by atomic mass is 19.1. The van der Waals surface area contributed by atoms with Crippen molar-refractivity contribution in [1.29, 1.82) is 0 Å². The molecule has 0 amide bonds. The maximum Gasteiger partial charge on any atom is 0.346 e. The van der Waals surface area contributed by atoms with E-state index in [2.05, 4.69) is 0 Å².